The van der Waals surface area contributed by atoms with Gasteiger partial charge in [0.25, 0.3) is 0 Å². The summed E-state index contributed by atoms with van der Waals surface area (Å²) in [7, 11) is 1.75. The molecule has 0 radical (unpaired) electrons. The molecule has 0 saturated carbocycles. The zero-order chi connectivity index (χ0) is 9.68. The van der Waals surface area contributed by atoms with Gasteiger partial charge < -0.3 is 9.88 Å². The van der Waals surface area contributed by atoms with Crippen LogP contribution >= 0.6 is 0 Å². The van der Waals surface area contributed by atoms with Crippen LogP contribution in [0.25, 0.3) is 0 Å². The molecule has 0 bridgehead atoms. The molecule has 1 heterocycles. The van der Waals surface area contributed by atoms with Crippen LogP contribution in [0, 0.1) is 0 Å². The van der Waals surface area contributed by atoms with Gasteiger partial charge in [-0.05, 0) is 0 Å². The first-order chi connectivity index (χ1) is 6.25. The molecule has 1 aromatic heterocycles. The van der Waals surface area contributed by atoms with Crippen molar-refractivity contribution in [3.05, 3.63) is 35.5 Å². The Bertz CT molecular complexity index is 324. The third-order valence-electron chi connectivity index (χ3n) is 1.84. The van der Waals surface area contributed by atoms with Crippen molar-refractivity contribution in [3.8, 4) is 0 Å². The van der Waals surface area contributed by atoms with Gasteiger partial charge in [0, 0.05) is 39.1 Å². The first-order valence-electron chi connectivity index (χ1n) is 4.29. The van der Waals surface area contributed by atoms with E-state index in [9.17, 15) is 4.79 Å². The molecule has 4 heteroatoms. The van der Waals surface area contributed by atoms with E-state index in [1.165, 1.54) is 0 Å². The molecule has 0 aromatic carbocycles. The van der Waals surface area contributed by atoms with E-state index in [4.69, 9.17) is 0 Å². The Morgan fingerprint density at radius 2 is 2.38 bits per heavy atom. The summed E-state index contributed by atoms with van der Waals surface area (Å²) in [5, 5.41) is 3.13. The molecule has 0 spiro atoms. The van der Waals surface area contributed by atoms with Crippen LogP contribution in [0.5, 0.6) is 0 Å². The summed E-state index contributed by atoms with van der Waals surface area (Å²) in [6.45, 7) is 5.86. The van der Waals surface area contributed by atoms with Gasteiger partial charge in [0.05, 0.1) is 0 Å². The second-order valence-electron chi connectivity index (χ2n) is 2.88. The molecule has 0 atom stereocenters. The van der Waals surface area contributed by atoms with Gasteiger partial charge in [-0.15, -0.1) is 6.58 Å². The van der Waals surface area contributed by atoms with Crippen LogP contribution in [0.2, 0.25) is 0 Å². The van der Waals surface area contributed by atoms with Gasteiger partial charge in [0.15, 0.2) is 0 Å². The molecule has 0 aliphatic heterocycles. The van der Waals surface area contributed by atoms with Crippen LogP contribution in [-0.4, -0.2) is 22.2 Å². The number of aryl methyl sites for hydroxylation is 1. The Morgan fingerprint density at radius 1 is 1.62 bits per heavy atom. The fraction of sp³-hybridized carbons (Fsp3) is 0.444. The van der Waals surface area contributed by atoms with Gasteiger partial charge in [0.2, 0.25) is 0 Å². The third kappa shape index (κ3) is 2.59. The van der Waals surface area contributed by atoms with Crippen molar-refractivity contribution >= 4 is 0 Å². The Labute approximate surface area is 77.5 Å². The molecule has 1 rings (SSSR count). The van der Waals surface area contributed by atoms with Crippen LogP contribution in [0.4, 0.5) is 0 Å². The molecule has 4 nitrogen and oxygen atoms in total. The zero-order valence-electron chi connectivity index (χ0n) is 7.86. The van der Waals surface area contributed by atoms with Gasteiger partial charge >= 0.3 is 5.69 Å². The number of hydrogen-bond donors (Lipinski definition) is 1. The van der Waals surface area contributed by atoms with E-state index >= 15 is 0 Å². The molecule has 0 aliphatic carbocycles. The molecule has 13 heavy (non-hydrogen) atoms. The molecule has 0 unspecified atom stereocenters. The standard InChI is InChI=1S/C9H15N3O/c1-3-4-10-5-6-12-8-7-11(2)9(12)13/h3,7-8,10H,1,4-6H2,2H3. The zero-order valence-corrected chi connectivity index (χ0v) is 7.86. The summed E-state index contributed by atoms with van der Waals surface area (Å²) in [5.74, 6) is 0. The van der Waals surface area contributed by atoms with Crippen molar-refractivity contribution in [3.63, 3.8) is 0 Å². The summed E-state index contributed by atoms with van der Waals surface area (Å²) < 4.78 is 3.24. The number of imidazole rings is 1. The van der Waals surface area contributed by atoms with E-state index in [1.807, 2.05) is 0 Å². The lowest BCUT2D eigenvalue weighted by atomic mass is 10.5. The number of nitrogens with one attached hydrogen (secondary N) is 1. The highest BCUT2D eigenvalue weighted by Crippen LogP contribution is 1.80. The number of hydrogen-bond acceptors (Lipinski definition) is 2. The maximum atomic E-state index is 11.3. The van der Waals surface area contributed by atoms with Crippen LogP contribution < -0.4 is 11.0 Å². The van der Waals surface area contributed by atoms with Crippen molar-refractivity contribution in [1.82, 2.24) is 14.5 Å². The number of rotatable bonds is 5. The summed E-state index contributed by atoms with van der Waals surface area (Å²) in [5.41, 5.74) is 0.0282. The molecule has 1 aromatic rings. The van der Waals surface area contributed by atoms with Crippen LogP contribution in [-0.2, 0) is 13.6 Å². The van der Waals surface area contributed by atoms with E-state index in [0.29, 0.717) is 6.54 Å². The van der Waals surface area contributed by atoms with Crippen LogP contribution in [0.3, 0.4) is 0 Å². The van der Waals surface area contributed by atoms with Crippen molar-refractivity contribution in [1.29, 1.82) is 0 Å². The Hall–Kier alpha value is -1.29. The summed E-state index contributed by atoms with van der Waals surface area (Å²) in [6.07, 6.45) is 5.35. The second kappa shape index (κ2) is 4.67. The highest BCUT2D eigenvalue weighted by atomic mass is 16.1. The first kappa shape index (κ1) is 9.80. The Kier molecular flexibility index (Phi) is 3.52. The predicted octanol–water partition coefficient (Wildman–Crippen LogP) is -0.0376. The van der Waals surface area contributed by atoms with Crippen molar-refractivity contribution in [2.24, 2.45) is 7.05 Å². The molecule has 0 fully saturated rings. The van der Waals surface area contributed by atoms with Crippen molar-refractivity contribution in [2.75, 3.05) is 13.1 Å². The molecule has 1 N–H and O–H groups in total. The molecular weight excluding hydrogens is 166 g/mol. The Morgan fingerprint density at radius 3 is 2.92 bits per heavy atom. The molecular formula is C9H15N3O. The lowest BCUT2D eigenvalue weighted by molar-refractivity contribution is 0.600. The molecule has 0 amide bonds. The monoisotopic (exact) mass is 181 g/mol. The van der Waals surface area contributed by atoms with Gasteiger partial charge in [0.1, 0.15) is 0 Å². The highest BCUT2D eigenvalue weighted by molar-refractivity contribution is 4.80. The first-order valence-corrected chi connectivity index (χ1v) is 4.29. The summed E-state index contributed by atoms with van der Waals surface area (Å²) in [6, 6.07) is 0. The lowest BCUT2D eigenvalue weighted by Crippen LogP contribution is -2.27. The minimum Gasteiger partial charge on any atom is -0.312 e. The average molecular weight is 181 g/mol. The number of aromatic nitrogens is 2. The maximum Gasteiger partial charge on any atom is 0.327 e. The third-order valence-corrected chi connectivity index (χ3v) is 1.84. The average Bonchev–Trinajstić information content (AvgIpc) is 2.43. The summed E-state index contributed by atoms with van der Waals surface area (Å²) >= 11 is 0. The van der Waals surface area contributed by atoms with Gasteiger partial charge in [-0.25, -0.2) is 4.79 Å². The van der Waals surface area contributed by atoms with E-state index in [0.717, 1.165) is 13.1 Å². The Balaban J connectivity index is 2.41. The summed E-state index contributed by atoms with van der Waals surface area (Å²) in [4.78, 5) is 11.3. The topological polar surface area (TPSA) is 39.0 Å². The molecule has 0 aliphatic rings. The maximum absolute atomic E-state index is 11.3. The lowest BCUT2D eigenvalue weighted by Gasteiger charge is -2.01. The minimum atomic E-state index is 0.0282. The largest absolute Gasteiger partial charge is 0.327 e. The van der Waals surface area contributed by atoms with Crippen LogP contribution in [0.1, 0.15) is 0 Å². The van der Waals surface area contributed by atoms with E-state index < -0.39 is 0 Å². The normalized spacial score (nSPS) is 10.2. The van der Waals surface area contributed by atoms with Crippen LogP contribution in [0.15, 0.2) is 29.8 Å². The van der Waals surface area contributed by atoms with Gasteiger partial charge in [-0.1, -0.05) is 6.08 Å². The second-order valence-corrected chi connectivity index (χ2v) is 2.88. The highest BCUT2D eigenvalue weighted by Gasteiger charge is 1.97. The van der Waals surface area contributed by atoms with Crippen molar-refractivity contribution in [2.45, 2.75) is 6.54 Å². The SMILES string of the molecule is C=CCNCCn1ccn(C)c1=O. The predicted molar refractivity (Wildman–Crippen MR) is 52.7 cm³/mol. The minimum absolute atomic E-state index is 0.0282. The van der Waals surface area contributed by atoms with Gasteiger partial charge in [-0.3, -0.25) is 4.57 Å². The van der Waals surface area contributed by atoms with E-state index in [-0.39, 0.29) is 5.69 Å². The molecule has 72 valence electrons. The number of nitrogens with zero attached hydrogens (tertiary/aromatic N) is 2. The fourth-order valence-electron chi connectivity index (χ4n) is 1.08. The van der Waals surface area contributed by atoms with Crippen molar-refractivity contribution < 1.29 is 0 Å². The fourth-order valence-corrected chi connectivity index (χ4v) is 1.08. The quantitative estimate of drug-likeness (QED) is 0.511. The smallest absolute Gasteiger partial charge is 0.312 e. The molecule has 0 saturated heterocycles. The van der Waals surface area contributed by atoms with E-state index in [1.54, 1.807) is 34.7 Å². The van der Waals surface area contributed by atoms with E-state index in [2.05, 4.69) is 11.9 Å². The van der Waals surface area contributed by atoms with Gasteiger partial charge in [-0.2, -0.15) is 0 Å².